The van der Waals surface area contributed by atoms with Crippen LogP contribution in [0.3, 0.4) is 0 Å². The Morgan fingerprint density at radius 3 is 2.57 bits per heavy atom. The lowest BCUT2D eigenvalue weighted by Gasteiger charge is -2.38. The molecule has 2 aromatic heterocycles. The summed E-state index contributed by atoms with van der Waals surface area (Å²) in [6.45, 7) is 4.27. The monoisotopic (exact) mass is 490 g/mol. The predicted molar refractivity (Wildman–Crippen MR) is 124 cm³/mol. The summed E-state index contributed by atoms with van der Waals surface area (Å²) < 4.78 is 13.1. The number of carboxylic acid groups (broad SMARTS) is 1. The fourth-order valence-electron chi connectivity index (χ4n) is 5.81. The summed E-state index contributed by atoms with van der Waals surface area (Å²) in [5.41, 5.74) is 3.74. The number of hydrogen-bond acceptors (Lipinski definition) is 9. The third-order valence-corrected chi connectivity index (χ3v) is 7.51. The van der Waals surface area contributed by atoms with E-state index in [0.29, 0.717) is 5.65 Å². The molecule has 0 aromatic carbocycles. The zero-order valence-electron chi connectivity index (χ0n) is 20.1. The SMILES string of the molecule is CCCN1CCCC1c1nn(C)c2nc(O[C@@H]3O[C@H](C(=O)O)[C@@H](O)[C@H](O)[C@H]3O)c3c(c12)CCCC3. The number of rotatable bonds is 6. The Bertz CT molecular complexity index is 1110. The molecule has 192 valence electrons. The average molecular weight is 491 g/mol. The molecule has 1 unspecified atom stereocenters. The molecule has 5 rings (SSSR count). The molecule has 2 saturated heterocycles. The van der Waals surface area contributed by atoms with Crippen molar-refractivity contribution >= 4 is 17.0 Å². The van der Waals surface area contributed by atoms with Crippen LogP contribution in [0.15, 0.2) is 0 Å². The number of aromatic nitrogens is 3. The third-order valence-electron chi connectivity index (χ3n) is 7.51. The minimum atomic E-state index is -1.77. The highest BCUT2D eigenvalue weighted by atomic mass is 16.7. The van der Waals surface area contributed by atoms with E-state index in [1.54, 1.807) is 4.68 Å². The number of nitrogens with zero attached hydrogens (tertiary/aromatic N) is 4. The van der Waals surface area contributed by atoms with Gasteiger partial charge in [-0.15, -0.1) is 0 Å². The highest BCUT2D eigenvalue weighted by molar-refractivity contribution is 5.85. The van der Waals surface area contributed by atoms with E-state index in [0.717, 1.165) is 80.2 Å². The smallest absolute Gasteiger partial charge is 0.335 e. The van der Waals surface area contributed by atoms with E-state index in [4.69, 9.17) is 19.6 Å². The average Bonchev–Trinajstić information content (AvgIpc) is 3.43. The molecule has 0 bridgehead atoms. The van der Waals surface area contributed by atoms with Gasteiger partial charge in [-0.2, -0.15) is 10.1 Å². The topological polar surface area (TPSA) is 150 Å². The fraction of sp³-hybridized carbons (Fsp3) is 0.708. The van der Waals surface area contributed by atoms with E-state index in [2.05, 4.69) is 11.8 Å². The second-order valence-electron chi connectivity index (χ2n) is 9.84. The number of pyridine rings is 1. The number of hydrogen-bond donors (Lipinski definition) is 4. The molecule has 0 spiro atoms. The van der Waals surface area contributed by atoms with Gasteiger partial charge in [-0.05, 0) is 63.6 Å². The van der Waals surface area contributed by atoms with Crippen LogP contribution in [0.2, 0.25) is 0 Å². The molecule has 0 radical (unpaired) electrons. The lowest BCUT2D eigenvalue weighted by Crippen LogP contribution is -2.61. The molecule has 1 aliphatic carbocycles. The molecule has 6 atom stereocenters. The van der Waals surface area contributed by atoms with Crippen molar-refractivity contribution in [3.8, 4) is 5.88 Å². The fourth-order valence-corrected chi connectivity index (χ4v) is 5.81. The van der Waals surface area contributed by atoms with Crippen LogP contribution in [0, 0.1) is 0 Å². The van der Waals surface area contributed by atoms with Gasteiger partial charge >= 0.3 is 5.97 Å². The third kappa shape index (κ3) is 4.19. The van der Waals surface area contributed by atoms with E-state index >= 15 is 0 Å². The van der Waals surface area contributed by atoms with Gasteiger partial charge < -0.3 is 29.9 Å². The molecule has 35 heavy (non-hydrogen) atoms. The van der Waals surface area contributed by atoms with Crippen LogP contribution in [0.4, 0.5) is 0 Å². The van der Waals surface area contributed by atoms with Crippen molar-refractivity contribution < 1.29 is 34.7 Å². The number of likely N-dealkylation sites (tertiary alicyclic amines) is 1. The van der Waals surface area contributed by atoms with Gasteiger partial charge in [0.25, 0.3) is 0 Å². The molecule has 11 nitrogen and oxygen atoms in total. The number of aliphatic hydroxyl groups excluding tert-OH is 3. The molecule has 2 aromatic rings. The number of fused-ring (bicyclic) bond motifs is 3. The number of carboxylic acids is 1. The molecule has 3 aliphatic rings. The maximum atomic E-state index is 11.5. The molecule has 0 saturated carbocycles. The van der Waals surface area contributed by atoms with Gasteiger partial charge in [-0.1, -0.05) is 6.92 Å². The number of aryl methyl sites for hydroxylation is 2. The Morgan fingerprint density at radius 2 is 1.86 bits per heavy atom. The van der Waals surface area contributed by atoms with Gasteiger partial charge in [-0.3, -0.25) is 4.90 Å². The Labute approximate surface area is 203 Å². The van der Waals surface area contributed by atoms with E-state index < -0.39 is 36.7 Å². The molecular formula is C24H34N4O7. The van der Waals surface area contributed by atoms with Gasteiger partial charge in [0.2, 0.25) is 12.2 Å². The summed E-state index contributed by atoms with van der Waals surface area (Å²) in [5.74, 6) is -1.21. The molecule has 4 N–H and O–H groups in total. The Balaban J connectivity index is 1.56. The normalized spacial score (nSPS) is 31.6. The van der Waals surface area contributed by atoms with Crippen LogP contribution in [-0.4, -0.2) is 89.9 Å². The van der Waals surface area contributed by atoms with Crippen molar-refractivity contribution in [2.45, 2.75) is 88.6 Å². The van der Waals surface area contributed by atoms with Gasteiger partial charge in [0.05, 0.1) is 11.7 Å². The van der Waals surface area contributed by atoms with Gasteiger partial charge in [0.1, 0.15) is 18.3 Å². The lowest BCUT2D eigenvalue weighted by atomic mass is 9.89. The van der Waals surface area contributed by atoms with Crippen molar-refractivity contribution in [3.63, 3.8) is 0 Å². The first-order valence-corrected chi connectivity index (χ1v) is 12.5. The predicted octanol–water partition coefficient (Wildman–Crippen LogP) is 0.665. The van der Waals surface area contributed by atoms with Crippen LogP contribution < -0.4 is 4.74 Å². The van der Waals surface area contributed by atoms with Crippen molar-refractivity contribution in [1.29, 1.82) is 0 Å². The van der Waals surface area contributed by atoms with Crippen molar-refractivity contribution in [2.75, 3.05) is 13.1 Å². The minimum Gasteiger partial charge on any atom is -0.479 e. The highest BCUT2D eigenvalue weighted by Gasteiger charge is 2.48. The highest BCUT2D eigenvalue weighted by Crippen LogP contribution is 2.41. The summed E-state index contributed by atoms with van der Waals surface area (Å²) in [5, 5.41) is 46.0. The Morgan fingerprint density at radius 1 is 1.11 bits per heavy atom. The van der Waals surface area contributed by atoms with Crippen LogP contribution in [0.25, 0.3) is 11.0 Å². The van der Waals surface area contributed by atoms with Crippen molar-refractivity contribution in [3.05, 3.63) is 16.8 Å². The van der Waals surface area contributed by atoms with Crippen LogP contribution in [0.1, 0.15) is 61.9 Å². The van der Waals surface area contributed by atoms with Gasteiger partial charge in [-0.25, -0.2) is 9.48 Å². The molecule has 4 heterocycles. The van der Waals surface area contributed by atoms with Crippen LogP contribution >= 0.6 is 0 Å². The summed E-state index contributed by atoms with van der Waals surface area (Å²) in [7, 11) is 1.85. The molecule has 2 aliphatic heterocycles. The van der Waals surface area contributed by atoms with Gasteiger partial charge in [0, 0.05) is 18.0 Å². The Hall–Kier alpha value is -2.31. The molecule has 2 fully saturated rings. The Kier molecular flexibility index (Phi) is 6.71. The number of carbonyl (C=O) groups is 1. The number of aliphatic carboxylic acids is 1. The van der Waals surface area contributed by atoms with Crippen LogP contribution in [-0.2, 0) is 29.4 Å². The number of ether oxygens (including phenoxy) is 2. The maximum Gasteiger partial charge on any atom is 0.335 e. The first kappa shape index (κ1) is 24.4. The first-order chi connectivity index (χ1) is 16.8. The molecule has 11 heteroatoms. The molecular weight excluding hydrogens is 456 g/mol. The second-order valence-corrected chi connectivity index (χ2v) is 9.84. The van der Waals surface area contributed by atoms with E-state index in [-0.39, 0.29) is 11.9 Å². The van der Waals surface area contributed by atoms with Gasteiger partial charge in [0.15, 0.2) is 11.8 Å². The lowest BCUT2D eigenvalue weighted by molar-refractivity contribution is -0.271. The summed E-state index contributed by atoms with van der Waals surface area (Å²) in [4.78, 5) is 18.8. The standard InChI is InChI=1S/C24H34N4O7/c1-3-10-28-11-6-9-14(28)16-15-12-7-4-5-8-13(12)22(25-21(15)27(2)26-16)35-24-19(31)17(29)18(30)20(34-24)23(32)33/h14,17-20,24,29-31H,3-11H2,1-2H3,(H,32,33)/t14?,17-,18-,19+,20-,24-/m0/s1. The largest absolute Gasteiger partial charge is 0.479 e. The summed E-state index contributed by atoms with van der Waals surface area (Å²) in [6, 6.07) is 0.245. The first-order valence-electron chi connectivity index (χ1n) is 12.5. The zero-order chi connectivity index (χ0) is 24.9. The van der Waals surface area contributed by atoms with E-state index in [1.807, 2.05) is 7.05 Å². The minimum absolute atomic E-state index is 0.245. The zero-order valence-corrected chi connectivity index (χ0v) is 20.1. The van der Waals surface area contributed by atoms with E-state index in [1.165, 1.54) is 0 Å². The maximum absolute atomic E-state index is 11.5. The molecule has 0 amide bonds. The second kappa shape index (κ2) is 9.62. The van der Waals surface area contributed by atoms with E-state index in [9.17, 15) is 25.2 Å². The summed E-state index contributed by atoms with van der Waals surface area (Å²) in [6.07, 6.45) is -1.55. The number of aliphatic hydroxyl groups is 3. The van der Waals surface area contributed by atoms with Crippen LogP contribution in [0.5, 0.6) is 5.88 Å². The summed E-state index contributed by atoms with van der Waals surface area (Å²) >= 11 is 0. The van der Waals surface area contributed by atoms with Crippen molar-refractivity contribution in [2.24, 2.45) is 7.05 Å². The van der Waals surface area contributed by atoms with Crippen molar-refractivity contribution in [1.82, 2.24) is 19.7 Å². The quantitative estimate of drug-likeness (QED) is 0.455.